The van der Waals surface area contributed by atoms with Gasteiger partial charge in [-0.2, -0.15) is 0 Å². The molecule has 1 atom stereocenters. The topological polar surface area (TPSA) is 42.0 Å². The summed E-state index contributed by atoms with van der Waals surface area (Å²) < 4.78 is 0. The average Bonchev–Trinajstić information content (AvgIpc) is 2.57. The van der Waals surface area contributed by atoms with E-state index in [2.05, 4.69) is 34.6 Å². The first-order valence-corrected chi connectivity index (χ1v) is 8.94. The molecular formula is C18H14Cl2N2OS. The first kappa shape index (κ1) is 17.1. The van der Waals surface area contributed by atoms with Gasteiger partial charge in [0, 0.05) is 11.1 Å². The Bertz CT molecular complexity index is 901. The van der Waals surface area contributed by atoms with Crippen LogP contribution in [0.3, 0.4) is 0 Å². The molecule has 0 fully saturated rings. The number of carbonyl (C=O) groups is 1. The molecule has 2 aromatic carbocycles. The van der Waals surface area contributed by atoms with E-state index in [4.69, 9.17) is 23.2 Å². The minimum Gasteiger partial charge on any atom is -0.308 e. The molecule has 6 heteroatoms. The molecule has 0 saturated carbocycles. The number of fused-ring (bicyclic) bond motifs is 1. The van der Waals surface area contributed by atoms with Gasteiger partial charge in [-0.1, -0.05) is 53.5 Å². The summed E-state index contributed by atoms with van der Waals surface area (Å²) >= 11 is 13.3. The molecule has 0 aliphatic carbocycles. The van der Waals surface area contributed by atoms with Gasteiger partial charge >= 0.3 is 0 Å². The number of hydrogen-bond donors (Lipinski definition) is 1. The Morgan fingerprint density at radius 2 is 1.88 bits per heavy atom. The highest BCUT2D eigenvalue weighted by Gasteiger charge is 2.16. The number of benzene rings is 2. The van der Waals surface area contributed by atoms with Gasteiger partial charge in [-0.05, 0) is 35.9 Å². The molecule has 0 radical (unpaired) electrons. The number of anilines is 1. The van der Waals surface area contributed by atoms with Gasteiger partial charge in [0.05, 0.1) is 15.3 Å². The number of amides is 1. The van der Waals surface area contributed by atoms with E-state index in [0.29, 0.717) is 15.9 Å². The fourth-order valence-electron chi connectivity index (χ4n) is 2.22. The fourth-order valence-corrected chi connectivity index (χ4v) is 3.57. The summed E-state index contributed by atoms with van der Waals surface area (Å²) in [6, 6.07) is 15.8. The highest BCUT2D eigenvalue weighted by molar-refractivity contribution is 8.00. The minimum absolute atomic E-state index is 0.162. The standard InChI is InChI=1S/C18H14Cl2N2OS/c1-11(18(23)22-17-16(20)9-14(19)10-21-17)24-15-7-6-12-4-2-3-5-13(12)8-15/h2-11H,1H3,(H,21,22,23)/t11-/m0/s1. The van der Waals surface area contributed by atoms with Gasteiger partial charge in [0.1, 0.15) is 0 Å². The molecule has 1 N–H and O–H groups in total. The molecule has 122 valence electrons. The van der Waals surface area contributed by atoms with Crippen molar-refractivity contribution in [1.29, 1.82) is 0 Å². The zero-order valence-corrected chi connectivity index (χ0v) is 15.1. The molecule has 3 aromatic rings. The summed E-state index contributed by atoms with van der Waals surface area (Å²) in [6.07, 6.45) is 1.45. The molecule has 0 aliphatic heterocycles. The Morgan fingerprint density at radius 3 is 2.62 bits per heavy atom. The summed E-state index contributed by atoms with van der Waals surface area (Å²) in [5.41, 5.74) is 0. The van der Waals surface area contributed by atoms with E-state index in [1.165, 1.54) is 23.3 Å². The molecular weight excluding hydrogens is 363 g/mol. The van der Waals surface area contributed by atoms with Gasteiger partial charge in [0.25, 0.3) is 0 Å². The van der Waals surface area contributed by atoms with Crippen molar-refractivity contribution in [2.45, 2.75) is 17.1 Å². The van der Waals surface area contributed by atoms with Crippen molar-refractivity contribution in [2.24, 2.45) is 0 Å². The van der Waals surface area contributed by atoms with Crippen LogP contribution in [0.25, 0.3) is 10.8 Å². The van der Waals surface area contributed by atoms with Crippen LogP contribution in [0.4, 0.5) is 5.82 Å². The zero-order valence-electron chi connectivity index (χ0n) is 12.8. The van der Waals surface area contributed by atoms with Gasteiger partial charge in [-0.3, -0.25) is 4.79 Å². The molecule has 0 bridgehead atoms. The highest BCUT2D eigenvalue weighted by Crippen LogP contribution is 2.28. The van der Waals surface area contributed by atoms with Crippen molar-refractivity contribution in [1.82, 2.24) is 4.98 Å². The molecule has 1 amide bonds. The highest BCUT2D eigenvalue weighted by atomic mass is 35.5. The number of nitrogens with zero attached hydrogens (tertiary/aromatic N) is 1. The van der Waals surface area contributed by atoms with Crippen LogP contribution >= 0.6 is 35.0 Å². The lowest BCUT2D eigenvalue weighted by molar-refractivity contribution is -0.115. The van der Waals surface area contributed by atoms with Crippen LogP contribution in [-0.4, -0.2) is 16.1 Å². The summed E-state index contributed by atoms with van der Waals surface area (Å²) in [5, 5.41) is 5.51. The van der Waals surface area contributed by atoms with Crippen molar-refractivity contribution in [3.05, 3.63) is 64.8 Å². The number of halogens is 2. The predicted molar refractivity (Wildman–Crippen MR) is 102 cm³/mol. The summed E-state index contributed by atoms with van der Waals surface area (Å²) in [5.74, 6) is 0.155. The Balaban J connectivity index is 1.70. The number of carbonyl (C=O) groups excluding carboxylic acids is 1. The maximum Gasteiger partial charge on any atom is 0.238 e. The molecule has 1 heterocycles. The SMILES string of the molecule is C[C@H](Sc1ccc2ccccc2c1)C(=O)Nc1ncc(Cl)cc1Cl. The van der Waals surface area contributed by atoms with Crippen LogP contribution in [-0.2, 0) is 4.79 Å². The van der Waals surface area contributed by atoms with Crippen molar-refractivity contribution < 1.29 is 4.79 Å². The van der Waals surface area contributed by atoms with E-state index >= 15 is 0 Å². The smallest absolute Gasteiger partial charge is 0.238 e. The van der Waals surface area contributed by atoms with E-state index in [1.807, 2.05) is 25.1 Å². The van der Waals surface area contributed by atoms with Crippen molar-refractivity contribution in [3.8, 4) is 0 Å². The van der Waals surface area contributed by atoms with Crippen LogP contribution in [0.1, 0.15) is 6.92 Å². The second-order valence-electron chi connectivity index (χ2n) is 5.24. The van der Waals surface area contributed by atoms with Crippen LogP contribution in [0, 0.1) is 0 Å². The Kier molecular flexibility index (Phi) is 5.29. The third kappa shape index (κ3) is 4.01. The largest absolute Gasteiger partial charge is 0.308 e. The number of nitrogens with one attached hydrogen (secondary N) is 1. The minimum atomic E-state index is -0.292. The number of thioether (sulfide) groups is 1. The van der Waals surface area contributed by atoms with E-state index in [0.717, 1.165) is 10.3 Å². The normalized spacial score (nSPS) is 12.1. The van der Waals surface area contributed by atoms with Crippen LogP contribution in [0.5, 0.6) is 0 Å². The zero-order chi connectivity index (χ0) is 17.1. The maximum atomic E-state index is 12.4. The van der Waals surface area contributed by atoms with E-state index in [1.54, 1.807) is 6.07 Å². The van der Waals surface area contributed by atoms with E-state index < -0.39 is 0 Å². The molecule has 0 spiro atoms. The van der Waals surface area contributed by atoms with Crippen molar-refractivity contribution >= 4 is 57.5 Å². The molecule has 24 heavy (non-hydrogen) atoms. The first-order valence-electron chi connectivity index (χ1n) is 7.30. The maximum absolute atomic E-state index is 12.4. The molecule has 3 rings (SSSR count). The monoisotopic (exact) mass is 376 g/mol. The molecule has 1 aromatic heterocycles. The lowest BCUT2D eigenvalue weighted by atomic mass is 10.1. The van der Waals surface area contributed by atoms with E-state index in [-0.39, 0.29) is 11.2 Å². The molecule has 3 nitrogen and oxygen atoms in total. The lowest BCUT2D eigenvalue weighted by Crippen LogP contribution is -2.23. The first-order chi connectivity index (χ1) is 11.5. The van der Waals surface area contributed by atoms with Gasteiger partial charge in [-0.25, -0.2) is 4.98 Å². The van der Waals surface area contributed by atoms with Gasteiger partial charge in [-0.15, -0.1) is 11.8 Å². The Labute approximate surface area is 154 Å². The van der Waals surface area contributed by atoms with Crippen LogP contribution in [0.2, 0.25) is 10.0 Å². The van der Waals surface area contributed by atoms with E-state index in [9.17, 15) is 4.79 Å². The molecule has 0 saturated heterocycles. The fraction of sp³-hybridized carbons (Fsp3) is 0.111. The number of rotatable bonds is 4. The summed E-state index contributed by atoms with van der Waals surface area (Å²) in [7, 11) is 0. The van der Waals surface area contributed by atoms with Gasteiger partial charge in [0.15, 0.2) is 5.82 Å². The second-order valence-corrected chi connectivity index (χ2v) is 7.50. The van der Waals surface area contributed by atoms with Gasteiger partial charge in [0.2, 0.25) is 5.91 Å². The number of aromatic nitrogens is 1. The number of pyridine rings is 1. The Morgan fingerprint density at radius 1 is 1.12 bits per heavy atom. The molecule has 0 unspecified atom stereocenters. The van der Waals surface area contributed by atoms with Gasteiger partial charge < -0.3 is 5.32 Å². The quantitative estimate of drug-likeness (QED) is 0.597. The lowest BCUT2D eigenvalue weighted by Gasteiger charge is -2.13. The van der Waals surface area contributed by atoms with Crippen LogP contribution < -0.4 is 5.32 Å². The van der Waals surface area contributed by atoms with Crippen molar-refractivity contribution in [3.63, 3.8) is 0 Å². The van der Waals surface area contributed by atoms with Crippen LogP contribution in [0.15, 0.2) is 59.6 Å². The Hall–Kier alpha value is -1.75. The third-order valence-corrected chi connectivity index (χ3v) is 5.04. The average molecular weight is 377 g/mol. The second kappa shape index (κ2) is 7.43. The number of hydrogen-bond acceptors (Lipinski definition) is 3. The van der Waals surface area contributed by atoms with Crippen molar-refractivity contribution in [2.75, 3.05) is 5.32 Å². The summed E-state index contributed by atoms with van der Waals surface area (Å²) in [4.78, 5) is 17.4. The summed E-state index contributed by atoms with van der Waals surface area (Å²) in [6.45, 7) is 1.85. The third-order valence-electron chi connectivity index (χ3n) is 3.45. The molecule has 0 aliphatic rings. The predicted octanol–water partition coefficient (Wildman–Crippen LogP) is 5.66.